The van der Waals surface area contributed by atoms with Crippen molar-refractivity contribution in [1.82, 2.24) is 5.32 Å². The molecule has 160 valence electrons. The molecular weight excluding hydrogens is 557 g/mol. The first-order chi connectivity index (χ1) is 14.6. The number of carbonyl (C=O) groups excluding carboxylic acids is 4. The fourth-order valence-corrected chi connectivity index (χ4v) is 4.30. The molecule has 11 heteroatoms. The first-order valence-corrected chi connectivity index (χ1v) is 10.6. The molecule has 0 spiro atoms. The molecular formula is C20H14Br2ClN3O5. The molecule has 0 saturated carbocycles. The van der Waals surface area contributed by atoms with Crippen molar-refractivity contribution < 1.29 is 23.9 Å². The van der Waals surface area contributed by atoms with Gasteiger partial charge in [-0.3, -0.25) is 19.7 Å². The molecule has 2 aromatic rings. The Morgan fingerprint density at radius 1 is 1.23 bits per heavy atom. The highest BCUT2D eigenvalue weighted by molar-refractivity contribution is 9.11. The van der Waals surface area contributed by atoms with E-state index in [-0.39, 0.29) is 17.0 Å². The van der Waals surface area contributed by atoms with Crippen molar-refractivity contribution in [3.05, 3.63) is 61.0 Å². The molecule has 5 amide bonds. The number of anilines is 1. The van der Waals surface area contributed by atoms with Crippen molar-refractivity contribution in [1.29, 1.82) is 0 Å². The van der Waals surface area contributed by atoms with Crippen molar-refractivity contribution in [3.63, 3.8) is 0 Å². The number of ether oxygens (including phenoxy) is 1. The molecule has 2 aromatic carbocycles. The lowest BCUT2D eigenvalue weighted by atomic mass is 10.1. The fourth-order valence-electron chi connectivity index (χ4n) is 2.75. The first kappa shape index (κ1) is 23.0. The standard InChI is InChI=1S/C20H14Br2ClN3O5/c1-9-2-3-12(7-15(9)23)26-19(29)13(18(28)25-20(26)30)5-10-4-11(21)6-14(22)17(10)31-8-16(24)27/h2-7H,8H2,1H3,(H2,24,27)(H,25,28,30)/b13-5+. The Labute approximate surface area is 198 Å². The number of imide groups is 2. The Kier molecular flexibility index (Phi) is 6.83. The van der Waals surface area contributed by atoms with Crippen LogP contribution in [0.5, 0.6) is 5.75 Å². The maximum Gasteiger partial charge on any atom is 0.335 e. The summed E-state index contributed by atoms with van der Waals surface area (Å²) in [6.45, 7) is 1.36. The number of hydrogen-bond donors (Lipinski definition) is 2. The van der Waals surface area contributed by atoms with Crippen LogP contribution in [0.25, 0.3) is 6.08 Å². The number of primary amides is 1. The van der Waals surface area contributed by atoms with E-state index < -0.39 is 30.4 Å². The van der Waals surface area contributed by atoms with Crippen LogP contribution >= 0.6 is 43.5 Å². The van der Waals surface area contributed by atoms with Crippen LogP contribution < -0.4 is 20.7 Å². The summed E-state index contributed by atoms with van der Waals surface area (Å²) in [6.07, 6.45) is 1.26. The largest absolute Gasteiger partial charge is 0.482 e. The van der Waals surface area contributed by atoms with E-state index in [2.05, 4.69) is 37.2 Å². The van der Waals surface area contributed by atoms with Crippen LogP contribution in [-0.4, -0.2) is 30.4 Å². The summed E-state index contributed by atoms with van der Waals surface area (Å²) >= 11 is 12.8. The SMILES string of the molecule is Cc1ccc(N2C(=O)NC(=O)/C(=C\c3cc(Br)cc(Br)c3OCC(N)=O)C2=O)cc1Cl. The van der Waals surface area contributed by atoms with Crippen molar-refractivity contribution in [3.8, 4) is 5.75 Å². The van der Waals surface area contributed by atoms with Gasteiger partial charge in [-0.15, -0.1) is 0 Å². The summed E-state index contributed by atoms with van der Waals surface area (Å²) in [7, 11) is 0. The highest BCUT2D eigenvalue weighted by atomic mass is 79.9. The third kappa shape index (κ3) is 4.97. The molecule has 1 heterocycles. The van der Waals surface area contributed by atoms with E-state index in [1.165, 1.54) is 12.1 Å². The van der Waals surface area contributed by atoms with E-state index in [1.54, 1.807) is 31.2 Å². The van der Waals surface area contributed by atoms with Gasteiger partial charge in [0.2, 0.25) is 0 Å². The number of aryl methyl sites for hydroxylation is 1. The van der Waals surface area contributed by atoms with Gasteiger partial charge >= 0.3 is 6.03 Å². The molecule has 1 saturated heterocycles. The maximum absolute atomic E-state index is 13.1. The van der Waals surface area contributed by atoms with Gasteiger partial charge < -0.3 is 10.5 Å². The number of halogens is 3. The Morgan fingerprint density at radius 2 is 1.94 bits per heavy atom. The molecule has 3 N–H and O–H groups in total. The zero-order chi connectivity index (χ0) is 22.9. The number of nitrogens with zero attached hydrogens (tertiary/aromatic N) is 1. The number of nitrogens with one attached hydrogen (secondary N) is 1. The van der Waals surface area contributed by atoms with Gasteiger partial charge in [0.1, 0.15) is 11.3 Å². The van der Waals surface area contributed by atoms with Gasteiger partial charge in [0.05, 0.1) is 10.2 Å². The van der Waals surface area contributed by atoms with E-state index in [0.717, 1.165) is 10.5 Å². The number of benzene rings is 2. The quantitative estimate of drug-likeness (QED) is 0.419. The summed E-state index contributed by atoms with van der Waals surface area (Å²) in [5, 5.41) is 2.50. The molecule has 0 aromatic heterocycles. The van der Waals surface area contributed by atoms with Crippen LogP contribution in [0.4, 0.5) is 10.5 Å². The predicted molar refractivity (Wildman–Crippen MR) is 122 cm³/mol. The van der Waals surface area contributed by atoms with Crippen molar-refractivity contribution in [2.75, 3.05) is 11.5 Å². The maximum atomic E-state index is 13.1. The van der Waals surface area contributed by atoms with Crippen LogP contribution in [0, 0.1) is 6.92 Å². The average Bonchev–Trinajstić information content (AvgIpc) is 2.66. The monoisotopic (exact) mass is 569 g/mol. The molecule has 0 bridgehead atoms. The molecule has 0 aliphatic carbocycles. The van der Waals surface area contributed by atoms with Crippen LogP contribution in [0.3, 0.4) is 0 Å². The second-order valence-electron chi connectivity index (χ2n) is 6.45. The highest BCUT2D eigenvalue weighted by Gasteiger charge is 2.37. The third-order valence-electron chi connectivity index (χ3n) is 4.21. The Morgan fingerprint density at radius 3 is 2.58 bits per heavy atom. The van der Waals surface area contributed by atoms with Crippen molar-refractivity contribution in [2.45, 2.75) is 6.92 Å². The van der Waals surface area contributed by atoms with Gasteiger partial charge in [-0.2, -0.15) is 0 Å². The molecule has 0 unspecified atom stereocenters. The number of nitrogens with two attached hydrogens (primary N) is 1. The zero-order valence-electron chi connectivity index (χ0n) is 15.9. The molecule has 8 nitrogen and oxygen atoms in total. The minimum absolute atomic E-state index is 0.192. The summed E-state index contributed by atoms with van der Waals surface area (Å²) < 4.78 is 6.50. The number of hydrogen-bond acceptors (Lipinski definition) is 5. The molecule has 1 aliphatic rings. The summed E-state index contributed by atoms with van der Waals surface area (Å²) in [5.74, 6) is -2.23. The van der Waals surface area contributed by atoms with Gasteiger partial charge in [-0.25, -0.2) is 9.69 Å². The molecule has 31 heavy (non-hydrogen) atoms. The topological polar surface area (TPSA) is 119 Å². The van der Waals surface area contributed by atoms with Crippen LogP contribution in [0.2, 0.25) is 5.02 Å². The van der Waals surface area contributed by atoms with Gasteiger partial charge in [0.15, 0.2) is 6.61 Å². The number of carbonyl (C=O) groups is 4. The van der Waals surface area contributed by atoms with Crippen LogP contribution in [0.15, 0.2) is 44.9 Å². The van der Waals surface area contributed by atoms with E-state index in [1.807, 2.05) is 0 Å². The van der Waals surface area contributed by atoms with Gasteiger partial charge in [-0.05, 0) is 58.8 Å². The normalized spacial score (nSPS) is 15.3. The van der Waals surface area contributed by atoms with E-state index in [0.29, 0.717) is 19.5 Å². The number of urea groups is 1. The average molecular weight is 572 g/mol. The minimum Gasteiger partial charge on any atom is -0.482 e. The van der Waals surface area contributed by atoms with Crippen LogP contribution in [-0.2, 0) is 14.4 Å². The van der Waals surface area contributed by atoms with Crippen molar-refractivity contribution in [2.24, 2.45) is 5.73 Å². The second-order valence-corrected chi connectivity index (χ2v) is 8.63. The predicted octanol–water partition coefficient (Wildman–Crippen LogP) is 3.70. The van der Waals surface area contributed by atoms with Crippen LogP contribution in [0.1, 0.15) is 11.1 Å². The Balaban J connectivity index is 2.08. The second kappa shape index (κ2) is 9.21. The zero-order valence-corrected chi connectivity index (χ0v) is 19.8. The third-order valence-corrected chi connectivity index (χ3v) is 5.67. The highest BCUT2D eigenvalue weighted by Crippen LogP contribution is 2.35. The smallest absolute Gasteiger partial charge is 0.335 e. The fraction of sp³-hybridized carbons (Fsp3) is 0.100. The van der Waals surface area contributed by atoms with Crippen molar-refractivity contribution >= 4 is 79.0 Å². The lowest BCUT2D eigenvalue weighted by molar-refractivity contribution is -0.123. The Bertz CT molecular complexity index is 1170. The lowest BCUT2D eigenvalue weighted by Crippen LogP contribution is -2.54. The molecule has 0 radical (unpaired) electrons. The summed E-state index contributed by atoms with van der Waals surface area (Å²) in [5.41, 5.74) is 6.10. The van der Waals surface area contributed by atoms with E-state index in [4.69, 9.17) is 22.1 Å². The molecule has 1 fully saturated rings. The molecule has 1 aliphatic heterocycles. The minimum atomic E-state index is -0.896. The lowest BCUT2D eigenvalue weighted by Gasteiger charge is -2.26. The number of amides is 5. The number of rotatable bonds is 5. The first-order valence-electron chi connectivity index (χ1n) is 8.66. The number of barbiturate groups is 1. The summed E-state index contributed by atoms with van der Waals surface area (Å²) in [6, 6.07) is 7.00. The molecule has 3 rings (SSSR count). The Hall–Kier alpha value is -2.69. The van der Waals surface area contributed by atoms with E-state index in [9.17, 15) is 19.2 Å². The molecule has 0 atom stereocenters. The summed E-state index contributed by atoms with van der Waals surface area (Å²) in [4.78, 5) is 49.9. The van der Waals surface area contributed by atoms with Gasteiger partial charge in [0, 0.05) is 15.1 Å². The van der Waals surface area contributed by atoms with Gasteiger partial charge in [-0.1, -0.05) is 33.6 Å². The van der Waals surface area contributed by atoms with Gasteiger partial charge in [0.25, 0.3) is 17.7 Å². The van der Waals surface area contributed by atoms with E-state index >= 15 is 0 Å².